The molecule has 0 unspecified atom stereocenters. The number of hydrogen-bond acceptors (Lipinski definition) is 3. The summed E-state index contributed by atoms with van der Waals surface area (Å²) in [6.45, 7) is 4.52. The van der Waals surface area contributed by atoms with Gasteiger partial charge in [-0.1, -0.05) is 22.9 Å². The van der Waals surface area contributed by atoms with Crippen LogP contribution in [0.4, 0.5) is 0 Å². The van der Waals surface area contributed by atoms with Crippen LogP contribution in [0.1, 0.15) is 29.5 Å². The lowest BCUT2D eigenvalue weighted by atomic mass is 10.2. The molecule has 1 aromatic heterocycles. The van der Waals surface area contributed by atoms with Crippen molar-refractivity contribution in [2.24, 2.45) is 0 Å². The Hall–Kier alpha value is -1.27. The van der Waals surface area contributed by atoms with Crippen molar-refractivity contribution in [3.05, 3.63) is 44.5 Å². The smallest absolute Gasteiger partial charge is 0.296 e. The van der Waals surface area contributed by atoms with E-state index in [0.29, 0.717) is 18.0 Å². The Labute approximate surface area is 135 Å². The highest BCUT2D eigenvalue weighted by Crippen LogP contribution is 2.33. The molecular formula is C15H15BrN2O2S. The summed E-state index contributed by atoms with van der Waals surface area (Å²) >= 11 is 4.92. The molecule has 21 heavy (non-hydrogen) atoms. The van der Waals surface area contributed by atoms with Gasteiger partial charge in [0.2, 0.25) is 0 Å². The van der Waals surface area contributed by atoms with E-state index in [-0.39, 0.29) is 11.5 Å². The van der Waals surface area contributed by atoms with Crippen LogP contribution in [0.15, 0.2) is 32.4 Å². The predicted molar refractivity (Wildman–Crippen MR) is 87.8 cm³/mol. The lowest BCUT2D eigenvalue weighted by Gasteiger charge is -2.07. The molecule has 1 aliphatic rings. The minimum Gasteiger partial charge on any atom is -0.296 e. The monoisotopic (exact) mass is 366 g/mol. The van der Waals surface area contributed by atoms with E-state index in [1.54, 1.807) is 9.13 Å². The molecule has 0 N–H and O–H groups in total. The van der Waals surface area contributed by atoms with E-state index in [2.05, 4.69) is 15.9 Å². The van der Waals surface area contributed by atoms with Gasteiger partial charge in [0.25, 0.3) is 0 Å². The van der Waals surface area contributed by atoms with Crippen LogP contribution in [0.25, 0.3) is 5.69 Å². The molecule has 2 heterocycles. The summed E-state index contributed by atoms with van der Waals surface area (Å²) in [6, 6.07) is 5.75. The van der Waals surface area contributed by atoms with Gasteiger partial charge in [0.05, 0.1) is 11.4 Å². The van der Waals surface area contributed by atoms with E-state index >= 15 is 0 Å². The molecule has 0 aliphatic carbocycles. The fourth-order valence-electron chi connectivity index (χ4n) is 2.69. The number of Topliss-reactive ketones (excluding diaryl/α,β-unsaturated/α-hetero) is 1. The van der Waals surface area contributed by atoms with E-state index < -0.39 is 0 Å². The van der Waals surface area contributed by atoms with Crippen LogP contribution in [-0.4, -0.2) is 20.7 Å². The quantitative estimate of drug-likeness (QED) is 0.817. The van der Waals surface area contributed by atoms with Crippen LogP contribution in [0.2, 0.25) is 0 Å². The Kier molecular flexibility index (Phi) is 3.84. The molecule has 0 bridgehead atoms. The second kappa shape index (κ2) is 5.50. The zero-order valence-corrected chi connectivity index (χ0v) is 14.3. The van der Waals surface area contributed by atoms with Crippen LogP contribution < -0.4 is 5.69 Å². The summed E-state index contributed by atoms with van der Waals surface area (Å²) in [5.41, 5.74) is 1.97. The van der Waals surface area contributed by atoms with Crippen LogP contribution in [0, 0.1) is 6.92 Å². The zero-order chi connectivity index (χ0) is 15.1. The Bertz CT molecular complexity index is 792. The van der Waals surface area contributed by atoms with E-state index in [0.717, 1.165) is 27.2 Å². The number of fused-ring (bicyclic) bond motifs is 3. The van der Waals surface area contributed by atoms with E-state index in [9.17, 15) is 9.59 Å². The van der Waals surface area contributed by atoms with E-state index in [4.69, 9.17) is 0 Å². The van der Waals surface area contributed by atoms with Gasteiger partial charge in [0, 0.05) is 21.6 Å². The van der Waals surface area contributed by atoms with Gasteiger partial charge < -0.3 is 0 Å². The number of carbonyl (C=O) groups is 1. The summed E-state index contributed by atoms with van der Waals surface area (Å²) in [6.07, 6.45) is 0.861. The molecule has 110 valence electrons. The topological polar surface area (TPSA) is 44.0 Å². The van der Waals surface area contributed by atoms with Gasteiger partial charge in [0.15, 0.2) is 5.78 Å². The fraction of sp³-hybridized carbons (Fsp3) is 0.333. The second-order valence-electron chi connectivity index (χ2n) is 5.03. The second-order valence-corrected chi connectivity index (χ2v) is 6.96. The van der Waals surface area contributed by atoms with Gasteiger partial charge in [-0.15, -0.1) is 11.8 Å². The van der Waals surface area contributed by atoms with Crippen molar-refractivity contribution >= 4 is 33.5 Å². The molecule has 0 atom stereocenters. The first-order valence-electron chi connectivity index (χ1n) is 6.82. The number of rotatable bonds is 2. The summed E-state index contributed by atoms with van der Waals surface area (Å²) in [5, 5.41) is 0. The number of halogens is 1. The molecule has 0 fully saturated rings. The number of nitrogens with zero attached hydrogens (tertiary/aromatic N) is 2. The Balaban J connectivity index is 2.35. The van der Waals surface area contributed by atoms with Gasteiger partial charge in [-0.25, -0.2) is 4.79 Å². The summed E-state index contributed by atoms with van der Waals surface area (Å²) in [4.78, 5) is 26.1. The first-order chi connectivity index (χ1) is 10.0. The van der Waals surface area contributed by atoms with Gasteiger partial charge in [-0.05, 0) is 31.5 Å². The molecule has 1 aliphatic heterocycles. The van der Waals surface area contributed by atoms with E-state index in [1.807, 2.05) is 32.0 Å². The summed E-state index contributed by atoms with van der Waals surface area (Å²) < 4.78 is 4.23. The van der Waals surface area contributed by atoms with Gasteiger partial charge in [-0.2, -0.15) is 0 Å². The molecule has 0 spiro atoms. The van der Waals surface area contributed by atoms with Crippen molar-refractivity contribution in [3.63, 3.8) is 0 Å². The average molecular weight is 367 g/mol. The van der Waals surface area contributed by atoms with Crippen molar-refractivity contribution in [2.75, 3.05) is 5.75 Å². The lowest BCUT2D eigenvalue weighted by Crippen LogP contribution is -2.24. The van der Waals surface area contributed by atoms with Crippen molar-refractivity contribution in [3.8, 4) is 5.69 Å². The maximum absolute atomic E-state index is 12.7. The number of carbonyl (C=O) groups excluding carboxylic acids is 1. The highest BCUT2D eigenvalue weighted by atomic mass is 79.9. The SMILES string of the molecule is CCCn1c(C)c2n(c1=O)-c1ccc(Br)cc1SCC2=O. The molecule has 0 amide bonds. The average Bonchev–Trinajstić information content (AvgIpc) is 2.61. The van der Waals surface area contributed by atoms with Gasteiger partial charge in [-0.3, -0.25) is 13.9 Å². The Morgan fingerprint density at radius 3 is 2.81 bits per heavy atom. The highest BCUT2D eigenvalue weighted by molar-refractivity contribution is 9.10. The molecule has 0 radical (unpaired) electrons. The van der Waals surface area contributed by atoms with Crippen molar-refractivity contribution < 1.29 is 4.79 Å². The largest absolute Gasteiger partial charge is 0.333 e. The van der Waals surface area contributed by atoms with Crippen LogP contribution in [0.5, 0.6) is 0 Å². The molecule has 1 aromatic carbocycles. The third kappa shape index (κ3) is 2.30. The van der Waals surface area contributed by atoms with Crippen LogP contribution in [0.3, 0.4) is 0 Å². The molecule has 2 aromatic rings. The molecular weight excluding hydrogens is 352 g/mol. The predicted octanol–water partition coefficient (Wildman–Crippen LogP) is 3.41. The summed E-state index contributed by atoms with van der Waals surface area (Å²) in [7, 11) is 0. The first-order valence-corrected chi connectivity index (χ1v) is 8.60. The number of ketones is 1. The van der Waals surface area contributed by atoms with Crippen molar-refractivity contribution in [1.29, 1.82) is 0 Å². The normalized spacial score (nSPS) is 13.8. The number of hydrogen-bond donors (Lipinski definition) is 0. The lowest BCUT2D eigenvalue weighted by molar-refractivity contribution is 0.101. The minimum absolute atomic E-state index is 0.0109. The third-order valence-electron chi connectivity index (χ3n) is 3.63. The zero-order valence-electron chi connectivity index (χ0n) is 11.9. The number of thioether (sulfide) groups is 1. The summed E-state index contributed by atoms with van der Waals surface area (Å²) in [5.74, 6) is 0.372. The molecule has 0 saturated carbocycles. The maximum atomic E-state index is 12.7. The fourth-order valence-corrected chi connectivity index (χ4v) is 4.14. The first kappa shape index (κ1) is 14.7. The molecule has 3 rings (SSSR count). The van der Waals surface area contributed by atoms with E-state index in [1.165, 1.54) is 11.8 Å². The van der Waals surface area contributed by atoms with Crippen LogP contribution in [-0.2, 0) is 6.54 Å². The maximum Gasteiger partial charge on any atom is 0.333 e. The third-order valence-corrected chi connectivity index (χ3v) is 5.16. The number of benzene rings is 1. The van der Waals surface area contributed by atoms with Gasteiger partial charge >= 0.3 is 5.69 Å². The molecule has 4 nitrogen and oxygen atoms in total. The Morgan fingerprint density at radius 1 is 1.33 bits per heavy atom. The molecule has 6 heteroatoms. The highest BCUT2D eigenvalue weighted by Gasteiger charge is 2.27. The van der Waals surface area contributed by atoms with Crippen molar-refractivity contribution in [1.82, 2.24) is 9.13 Å². The van der Waals surface area contributed by atoms with Crippen molar-refractivity contribution in [2.45, 2.75) is 31.7 Å². The number of aromatic nitrogens is 2. The van der Waals surface area contributed by atoms with Gasteiger partial charge in [0.1, 0.15) is 5.69 Å². The van der Waals surface area contributed by atoms with Crippen LogP contribution >= 0.6 is 27.7 Å². The number of imidazole rings is 1. The standard InChI is InChI=1S/C15H15BrN2O2S/c1-3-6-17-9(2)14-12(19)8-21-13-7-10(16)4-5-11(13)18(14)15(17)20/h4-5,7H,3,6,8H2,1-2H3. The molecule has 0 saturated heterocycles. The Morgan fingerprint density at radius 2 is 2.10 bits per heavy atom. The minimum atomic E-state index is -0.122.